The van der Waals surface area contributed by atoms with Gasteiger partial charge in [-0.25, -0.2) is 9.78 Å². The number of alkyl halides is 3. The molecule has 1 aromatic heterocycles. The van der Waals surface area contributed by atoms with E-state index in [9.17, 15) is 18.0 Å². The van der Waals surface area contributed by atoms with E-state index in [1.54, 1.807) is 0 Å². The monoisotopic (exact) mass is 304 g/mol. The van der Waals surface area contributed by atoms with Gasteiger partial charge in [-0.3, -0.25) is 0 Å². The van der Waals surface area contributed by atoms with Gasteiger partial charge in [0.2, 0.25) is 0 Å². The number of carbonyl (C=O) groups is 1. The molecular weight excluding hydrogens is 289 g/mol. The fourth-order valence-corrected chi connectivity index (χ4v) is 2.22. The smallest absolute Gasteiger partial charge is 0.433 e. The summed E-state index contributed by atoms with van der Waals surface area (Å²) in [7, 11) is 0. The van der Waals surface area contributed by atoms with Gasteiger partial charge in [0.25, 0.3) is 0 Å². The van der Waals surface area contributed by atoms with Gasteiger partial charge in [-0.05, 0) is 31.9 Å². The summed E-state index contributed by atoms with van der Waals surface area (Å²) in [6.07, 6.45) is -3.48. The first-order valence-corrected chi connectivity index (χ1v) is 6.47. The number of ether oxygens (including phenoxy) is 1. The fourth-order valence-electron chi connectivity index (χ4n) is 2.22. The number of aromatic nitrogens is 1. The van der Waals surface area contributed by atoms with Gasteiger partial charge in [-0.15, -0.1) is 0 Å². The minimum atomic E-state index is -4.61. The molecule has 0 spiro atoms. The Labute approximate surface area is 119 Å². The number of halogens is 3. The van der Waals surface area contributed by atoms with E-state index in [1.165, 1.54) is 0 Å². The summed E-state index contributed by atoms with van der Waals surface area (Å²) in [5.74, 6) is -1.57. The van der Waals surface area contributed by atoms with Crippen LogP contribution in [0, 0.1) is 0 Å². The van der Waals surface area contributed by atoms with Gasteiger partial charge in [0.1, 0.15) is 17.1 Å². The highest BCUT2D eigenvalue weighted by Crippen LogP contribution is 2.30. The molecule has 2 heterocycles. The Morgan fingerprint density at radius 2 is 2.19 bits per heavy atom. The molecule has 21 heavy (non-hydrogen) atoms. The topological polar surface area (TPSA) is 71.5 Å². The molecule has 8 heteroatoms. The van der Waals surface area contributed by atoms with Crippen LogP contribution in [0.4, 0.5) is 19.0 Å². The molecule has 0 radical (unpaired) electrons. The molecular formula is C13H15F3N2O3. The summed E-state index contributed by atoms with van der Waals surface area (Å²) in [5.41, 5.74) is -1.39. The predicted octanol–water partition coefficient (Wildman–Crippen LogP) is 2.78. The van der Waals surface area contributed by atoms with Crippen molar-refractivity contribution in [1.82, 2.24) is 4.98 Å². The van der Waals surface area contributed by atoms with Crippen LogP contribution < -0.4 is 5.32 Å². The lowest BCUT2D eigenvalue weighted by molar-refractivity contribution is -0.141. The molecule has 116 valence electrons. The van der Waals surface area contributed by atoms with Crippen LogP contribution in [0.15, 0.2) is 12.1 Å². The SMILES string of the molecule is CC1CC(Nc2nc(C(F)(F)F)ccc2C(=O)O)CCO1. The second kappa shape index (κ2) is 5.88. The van der Waals surface area contributed by atoms with Crippen molar-refractivity contribution in [3.63, 3.8) is 0 Å². The molecule has 0 amide bonds. The Morgan fingerprint density at radius 3 is 2.76 bits per heavy atom. The van der Waals surface area contributed by atoms with Crippen molar-refractivity contribution in [3.8, 4) is 0 Å². The highest BCUT2D eigenvalue weighted by Gasteiger charge is 2.34. The average molecular weight is 304 g/mol. The van der Waals surface area contributed by atoms with E-state index >= 15 is 0 Å². The van der Waals surface area contributed by atoms with E-state index in [1.807, 2.05) is 6.92 Å². The van der Waals surface area contributed by atoms with Crippen molar-refractivity contribution in [1.29, 1.82) is 0 Å². The molecule has 5 nitrogen and oxygen atoms in total. The molecule has 1 aliphatic rings. The number of nitrogens with one attached hydrogen (secondary N) is 1. The van der Waals surface area contributed by atoms with Gasteiger partial charge >= 0.3 is 12.1 Å². The second-order valence-corrected chi connectivity index (χ2v) is 4.94. The van der Waals surface area contributed by atoms with E-state index < -0.39 is 17.8 Å². The molecule has 1 aliphatic heterocycles. The number of pyridine rings is 1. The number of anilines is 1. The van der Waals surface area contributed by atoms with Crippen LogP contribution in [0.5, 0.6) is 0 Å². The third-order valence-electron chi connectivity index (χ3n) is 3.24. The van der Waals surface area contributed by atoms with Crippen LogP contribution >= 0.6 is 0 Å². The summed E-state index contributed by atoms with van der Waals surface area (Å²) in [6, 6.07) is 1.42. The number of hydrogen-bond donors (Lipinski definition) is 2. The van der Waals surface area contributed by atoms with Gasteiger partial charge in [-0.2, -0.15) is 13.2 Å². The standard InChI is InChI=1S/C13H15F3N2O3/c1-7-6-8(4-5-21-7)17-11-9(12(19)20)2-3-10(18-11)13(14,15)16/h2-3,7-8H,4-6H2,1H3,(H,17,18)(H,19,20). The Balaban J connectivity index is 2.28. The van der Waals surface area contributed by atoms with E-state index in [2.05, 4.69) is 10.3 Å². The summed E-state index contributed by atoms with van der Waals surface area (Å²) < 4.78 is 43.4. The minimum Gasteiger partial charge on any atom is -0.478 e. The highest BCUT2D eigenvalue weighted by molar-refractivity contribution is 5.93. The zero-order chi connectivity index (χ0) is 15.6. The first-order valence-electron chi connectivity index (χ1n) is 6.47. The van der Waals surface area contributed by atoms with Crippen molar-refractivity contribution >= 4 is 11.8 Å². The zero-order valence-electron chi connectivity index (χ0n) is 11.3. The van der Waals surface area contributed by atoms with Crippen LogP contribution in [0.2, 0.25) is 0 Å². The fraction of sp³-hybridized carbons (Fsp3) is 0.538. The van der Waals surface area contributed by atoms with Crippen molar-refractivity contribution in [3.05, 3.63) is 23.4 Å². The molecule has 0 aliphatic carbocycles. The van der Waals surface area contributed by atoms with Gasteiger partial charge in [0.05, 0.1) is 6.10 Å². The van der Waals surface area contributed by atoms with E-state index in [0.717, 1.165) is 6.07 Å². The molecule has 1 fully saturated rings. The van der Waals surface area contributed by atoms with Gasteiger partial charge in [-0.1, -0.05) is 0 Å². The van der Waals surface area contributed by atoms with Gasteiger partial charge in [0.15, 0.2) is 0 Å². The molecule has 1 saturated heterocycles. The predicted molar refractivity (Wildman–Crippen MR) is 68.3 cm³/mol. The Hall–Kier alpha value is -1.83. The first-order chi connectivity index (χ1) is 9.77. The van der Waals surface area contributed by atoms with Crippen molar-refractivity contribution in [2.75, 3.05) is 11.9 Å². The van der Waals surface area contributed by atoms with Crippen LogP contribution in [0.25, 0.3) is 0 Å². The molecule has 0 aromatic carbocycles. The van der Waals surface area contributed by atoms with Crippen molar-refractivity contribution in [2.24, 2.45) is 0 Å². The maximum absolute atomic E-state index is 12.7. The number of carboxylic acid groups (broad SMARTS) is 1. The molecule has 0 bridgehead atoms. The lowest BCUT2D eigenvalue weighted by atomic mass is 10.0. The second-order valence-electron chi connectivity index (χ2n) is 4.94. The number of nitrogens with zero attached hydrogens (tertiary/aromatic N) is 1. The van der Waals surface area contributed by atoms with E-state index in [0.29, 0.717) is 25.5 Å². The van der Waals surface area contributed by atoms with Crippen LogP contribution in [0.3, 0.4) is 0 Å². The van der Waals surface area contributed by atoms with Crippen LogP contribution in [0.1, 0.15) is 35.8 Å². The Morgan fingerprint density at radius 1 is 1.48 bits per heavy atom. The third-order valence-corrected chi connectivity index (χ3v) is 3.24. The number of rotatable bonds is 3. The molecule has 2 N–H and O–H groups in total. The van der Waals surface area contributed by atoms with E-state index in [4.69, 9.17) is 9.84 Å². The molecule has 2 unspecified atom stereocenters. The largest absolute Gasteiger partial charge is 0.478 e. The van der Waals surface area contributed by atoms with E-state index in [-0.39, 0.29) is 23.5 Å². The van der Waals surface area contributed by atoms with Gasteiger partial charge in [0, 0.05) is 12.6 Å². The number of carboxylic acids is 1. The van der Waals surface area contributed by atoms with Gasteiger partial charge < -0.3 is 15.2 Å². The lowest BCUT2D eigenvalue weighted by Gasteiger charge is -2.28. The van der Waals surface area contributed by atoms with Crippen molar-refractivity contribution in [2.45, 2.75) is 38.1 Å². The molecule has 2 rings (SSSR count). The lowest BCUT2D eigenvalue weighted by Crippen LogP contribution is -2.33. The quantitative estimate of drug-likeness (QED) is 0.898. The van der Waals surface area contributed by atoms with Crippen LogP contribution in [-0.2, 0) is 10.9 Å². The molecule has 0 saturated carbocycles. The normalized spacial score (nSPS) is 22.9. The maximum Gasteiger partial charge on any atom is 0.433 e. The average Bonchev–Trinajstić information content (AvgIpc) is 2.37. The maximum atomic E-state index is 12.7. The van der Waals surface area contributed by atoms with Crippen LogP contribution in [-0.4, -0.2) is 34.8 Å². The molecule has 2 atom stereocenters. The van der Waals surface area contributed by atoms with Crippen molar-refractivity contribution < 1.29 is 27.8 Å². The highest BCUT2D eigenvalue weighted by atomic mass is 19.4. The zero-order valence-corrected chi connectivity index (χ0v) is 11.3. The Kier molecular flexibility index (Phi) is 4.36. The summed E-state index contributed by atoms with van der Waals surface area (Å²) in [5, 5.41) is 11.9. The summed E-state index contributed by atoms with van der Waals surface area (Å²) >= 11 is 0. The number of hydrogen-bond acceptors (Lipinski definition) is 4. The summed E-state index contributed by atoms with van der Waals surface area (Å²) in [4.78, 5) is 14.5. The number of aromatic carboxylic acids is 1. The molecule has 1 aromatic rings. The Bertz CT molecular complexity index is 534. The minimum absolute atomic E-state index is 0.0321. The third kappa shape index (κ3) is 3.84. The first kappa shape index (κ1) is 15.6. The summed E-state index contributed by atoms with van der Waals surface area (Å²) in [6.45, 7) is 2.33.